The summed E-state index contributed by atoms with van der Waals surface area (Å²) in [5.41, 5.74) is 2.01. The number of nitrogens with zero attached hydrogens (tertiary/aromatic N) is 2. The first-order chi connectivity index (χ1) is 9.63. The van der Waals surface area contributed by atoms with Gasteiger partial charge in [0.05, 0.1) is 24.0 Å². The summed E-state index contributed by atoms with van der Waals surface area (Å²) in [6, 6.07) is 8.25. The van der Waals surface area contributed by atoms with Gasteiger partial charge in [-0.15, -0.1) is 0 Å². The monoisotopic (exact) mass is 355 g/mol. The number of aromatic nitrogens is 2. The van der Waals surface area contributed by atoms with Crippen LogP contribution in [0.3, 0.4) is 0 Å². The Labute approximate surface area is 133 Å². The van der Waals surface area contributed by atoms with Gasteiger partial charge in [-0.2, -0.15) is 5.10 Å². The molecule has 5 heteroatoms. The molecule has 0 amide bonds. The van der Waals surface area contributed by atoms with Crippen LogP contribution in [0.25, 0.3) is 0 Å². The number of hydrogen-bond donors (Lipinski definition) is 1. The Morgan fingerprint density at radius 1 is 1.30 bits per heavy atom. The molecule has 0 radical (unpaired) electrons. The van der Waals surface area contributed by atoms with Gasteiger partial charge in [-0.25, -0.2) is 0 Å². The molecule has 2 aromatic rings. The highest BCUT2D eigenvalue weighted by molar-refractivity contribution is 9.10. The molecule has 2 rings (SSSR count). The molecule has 0 unspecified atom stereocenters. The predicted octanol–water partition coefficient (Wildman–Crippen LogP) is 5.27. The van der Waals surface area contributed by atoms with E-state index in [9.17, 15) is 0 Å². The molecule has 3 nitrogen and oxygen atoms in total. The van der Waals surface area contributed by atoms with E-state index in [0.29, 0.717) is 12.6 Å². The number of nitrogens with one attached hydrogen (secondary N) is 1. The zero-order valence-electron chi connectivity index (χ0n) is 11.7. The van der Waals surface area contributed by atoms with E-state index in [2.05, 4.69) is 57.1 Å². The quantitative estimate of drug-likeness (QED) is 0.764. The largest absolute Gasteiger partial charge is 0.378 e. The van der Waals surface area contributed by atoms with Crippen molar-refractivity contribution in [3.8, 4) is 0 Å². The Hall–Kier alpha value is -1.000. The number of hydrogen-bond acceptors (Lipinski definition) is 2. The first kappa shape index (κ1) is 15.4. The maximum atomic E-state index is 6.00. The standard InChI is InChI=1S/C15H19BrClN3/c1-3-13(4-2)20-8-7-12(19-20)10-18-15-9-11(17)5-6-14(15)16/h5-9,13,18H,3-4,10H2,1-2H3. The molecule has 0 aliphatic heterocycles. The number of rotatable bonds is 6. The van der Waals surface area contributed by atoms with Crippen LogP contribution in [0.4, 0.5) is 5.69 Å². The highest BCUT2D eigenvalue weighted by Gasteiger charge is 2.08. The summed E-state index contributed by atoms with van der Waals surface area (Å²) in [6.45, 7) is 5.07. The molecule has 108 valence electrons. The second kappa shape index (κ2) is 7.14. The molecular formula is C15H19BrClN3. The van der Waals surface area contributed by atoms with Crippen molar-refractivity contribution in [2.45, 2.75) is 39.3 Å². The van der Waals surface area contributed by atoms with E-state index in [1.807, 2.05) is 18.2 Å². The highest BCUT2D eigenvalue weighted by atomic mass is 79.9. The van der Waals surface area contributed by atoms with Crippen molar-refractivity contribution in [1.29, 1.82) is 0 Å². The van der Waals surface area contributed by atoms with Crippen molar-refractivity contribution in [2.24, 2.45) is 0 Å². The van der Waals surface area contributed by atoms with Gasteiger partial charge in [0, 0.05) is 15.7 Å². The average molecular weight is 357 g/mol. The first-order valence-electron chi connectivity index (χ1n) is 6.87. The van der Waals surface area contributed by atoms with Crippen molar-refractivity contribution in [3.05, 3.63) is 45.7 Å². The molecule has 0 saturated carbocycles. The second-order valence-electron chi connectivity index (χ2n) is 4.74. The van der Waals surface area contributed by atoms with Gasteiger partial charge in [-0.1, -0.05) is 25.4 Å². The molecule has 0 spiro atoms. The van der Waals surface area contributed by atoms with Crippen molar-refractivity contribution < 1.29 is 0 Å². The lowest BCUT2D eigenvalue weighted by molar-refractivity contribution is 0.426. The summed E-state index contributed by atoms with van der Waals surface area (Å²) >= 11 is 9.51. The van der Waals surface area contributed by atoms with Crippen LogP contribution in [0, 0.1) is 0 Å². The van der Waals surface area contributed by atoms with Crippen LogP contribution in [0.2, 0.25) is 5.02 Å². The Morgan fingerprint density at radius 3 is 2.75 bits per heavy atom. The topological polar surface area (TPSA) is 29.9 Å². The van der Waals surface area contributed by atoms with E-state index in [4.69, 9.17) is 11.6 Å². The Balaban J connectivity index is 2.02. The summed E-state index contributed by atoms with van der Waals surface area (Å²) in [6.07, 6.45) is 4.26. The smallest absolute Gasteiger partial charge is 0.0815 e. The van der Waals surface area contributed by atoms with Gasteiger partial charge >= 0.3 is 0 Å². The van der Waals surface area contributed by atoms with E-state index in [0.717, 1.165) is 33.7 Å². The number of halogens is 2. The minimum absolute atomic E-state index is 0.488. The first-order valence-corrected chi connectivity index (χ1v) is 8.04. The van der Waals surface area contributed by atoms with Gasteiger partial charge < -0.3 is 5.32 Å². The summed E-state index contributed by atoms with van der Waals surface area (Å²) in [5, 5.41) is 8.70. The highest BCUT2D eigenvalue weighted by Crippen LogP contribution is 2.26. The molecular weight excluding hydrogens is 338 g/mol. The van der Waals surface area contributed by atoms with Crippen molar-refractivity contribution in [3.63, 3.8) is 0 Å². The van der Waals surface area contributed by atoms with Crippen LogP contribution >= 0.6 is 27.5 Å². The lowest BCUT2D eigenvalue weighted by Crippen LogP contribution is -2.09. The minimum Gasteiger partial charge on any atom is -0.378 e. The van der Waals surface area contributed by atoms with E-state index in [1.54, 1.807) is 0 Å². The van der Waals surface area contributed by atoms with E-state index in [1.165, 1.54) is 0 Å². The average Bonchev–Trinajstić information content (AvgIpc) is 2.90. The SMILES string of the molecule is CCC(CC)n1ccc(CNc2cc(Cl)ccc2Br)n1. The maximum Gasteiger partial charge on any atom is 0.0815 e. The third kappa shape index (κ3) is 3.76. The van der Waals surface area contributed by atoms with E-state index >= 15 is 0 Å². The molecule has 1 heterocycles. The maximum absolute atomic E-state index is 6.00. The van der Waals surface area contributed by atoms with Gasteiger partial charge in [0.1, 0.15) is 0 Å². The molecule has 0 saturated heterocycles. The zero-order chi connectivity index (χ0) is 14.5. The van der Waals surface area contributed by atoms with Gasteiger partial charge in [0.25, 0.3) is 0 Å². The molecule has 1 N–H and O–H groups in total. The second-order valence-corrected chi connectivity index (χ2v) is 6.03. The Morgan fingerprint density at radius 2 is 2.05 bits per heavy atom. The van der Waals surface area contributed by atoms with Gasteiger partial charge in [-0.3, -0.25) is 4.68 Å². The van der Waals surface area contributed by atoms with E-state index < -0.39 is 0 Å². The molecule has 0 aliphatic rings. The van der Waals surface area contributed by atoms with Crippen molar-refractivity contribution >= 4 is 33.2 Å². The summed E-state index contributed by atoms with van der Waals surface area (Å²) < 4.78 is 3.06. The molecule has 0 aliphatic carbocycles. The van der Waals surface area contributed by atoms with Crippen LogP contribution in [0.15, 0.2) is 34.9 Å². The molecule has 0 fully saturated rings. The molecule has 1 aromatic heterocycles. The van der Waals surface area contributed by atoms with Crippen LogP contribution in [-0.2, 0) is 6.54 Å². The molecule has 0 atom stereocenters. The number of benzene rings is 1. The van der Waals surface area contributed by atoms with Crippen molar-refractivity contribution in [2.75, 3.05) is 5.32 Å². The molecule has 1 aromatic carbocycles. The minimum atomic E-state index is 0.488. The fourth-order valence-electron chi connectivity index (χ4n) is 2.16. The summed E-state index contributed by atoms with van der Waals surface area (Å²) in [7, 11) is 0. The van der Waals surface area contributed by atoms with Gasteiger partial charge in [0.2, 0.25) is 0 Å². The van der Waals surface area contributed by atoms with Crippen molar-refractivity contribution in [1.82, 2.24) is 9.78 Å². The predicted molar refractivity (Wildman–Crippen MR) is 88.3 cm³/mol. The van der Waals surface area contributed by atoms with Crippen LogP contribution in [-0.4, -0.2) is 9.78 Å². The third-order valence-electron chi connectivity index (χ3n) is 3.37. The zero-order valence-corrected chi connectivity index (χ0v) is 14.1. The molecule has 0 bridgehead atoms. The fraction of sp³-hybridized carbons (Fsp3) is 0.400. The lowest BCUT2D eigenvalue weighted by atomic mass is 10.2. The normalized spacial score (nSPS) is 11.1. The van der Waals surface area contributed by atoms with Crippen LogP contribution in [0.1, 0.15) is 38.4 Å². The Bertz CT molecular complexity index is 564. The third-order valence-corrected chi connectivity index (χ3v) is 4.30. The lowest BCUT2D eigenvalue weighted by Gasteiger charge is -2.12. The van der Waals surface area contributed by atoms with E-state index in [-0.39, 0.29) is 0 Å². The fourth-order valence-corrected chi connectivity index (χ4v) is 2.72. The summed E-state index contributed by atoms with van der Waals surface area (Å²) in [5.74, 6) is 0. The van der Waals surface area contributed by atoms with Gasteiger partial charge in [0.15, 0.2) is 0 Å². The van der Waals surface area contributed by atoms with Crippen LogP contribution in [0.5, 0.6) is 0 Å². The van der Waals surface area contributed by atoms with Gasteiger partial charge in [-0.05, 0) is 53.0 Å². The Kier molecular flexibility index (Phi) is 5.49. The number of anilines is 1. The van der Waals surface area contributed by atoms with Crippen LogP contribution < -0.4 is 5.32 Å². The molecule has 20 heavy (non-hydrogen) atoms. The summed E-state index contributed by atoms with van der Waals surface area (Å²) in [4.78, 5) is 0.